The Morgan fingerprint density at radius 2 is 1.26 bits per heavy atom. The summed E-state index contributed by atoms with van der Waals surface area (Å²) in [5, 5.41) is 6.42. The van der Waals surface area contributed by atoms with Gasteiger partial charge in [-0.25, -0.2) is 0 Å². The van der Waals surface area contributed by atoms with E-state index in [1.807, 2.05) is 0 Å². The number of thiophene rings is 3. The van der Waals surface area contributed by atoms with Gasteiger partial charge in [0.1, 0.15) is 0 Å². The average molecular weight is 364 g/mol. The molecule has 0 unspecified atom stereocenters. The van der Waals surface area contributed by atoms with Crippen LogP contribution in [0, 0.1) is 0 Å². The first-order chi connectivity index (χ1) is 9.38. The zero-order chi connectivity index (χ0) is 13.1. The maximum atomic E-state index is 5.60. The third kappa shape index (κ3) is 2.36. The second-order valence-corrected chi connectivity index (χ2v) is 7.57. The maximum absolute atomic E-state index is 5.60. The molecule has 3 radical (unpaired) electrons. The summed E-state index contributed by atoms with van der Waals surface area (Å²) in [6.45, 7) is 0.675. The molecule has 0 aromatic carbocycles. The Bertz CT molecular complexity index is 515. The number of rotatable bonds is 5. The molecule has 0 aliphatic rings. The van der Waals surface area contributed by atoms with E-state index in [2.05, 4.69) is 52.5 Å². The Morgan fingerprint density at radius 1 is 0.842 bits per heavy atom. The second-order valence-electron chi connectivity index (χ2n) is 4.13. The van der Waals surface area contributed by atoms with Crippen molar-refractivity contribution in [3.05, 3.63) is 67.2 Å². The van der Waals surface area contributed by atoms with Crippen molar-refractivity contribution in [3.63, 3.8) is 0 Å². The molecule has 1 nitrogen and oxygen atoms in total. The van der Waals surface area contributed by atoms with Crippen LogP contribution in [0.5, 0.6) is 0 Å². The van der Waals surface area contributed by atoms with Crippen molar-refractivity contribution >= 4 is 50.9 Å². The molecule has 3 aromatic heterocycles. The van der Waals surface area contributed by atoms with Crippen LogP contribution in [0.25, 0.3) is 0 Å². The van der Waals surface area contributed by atoms with Gasteiger partial charge in [-0.3, -0.25) is 0 Å². The van der Waals surface area contributed by atoms with Gasteiger partial charge in [-0.2, -0.15) is 0 Å². The molecule has 0 atom stereocenters. The van der Waals surface area contributed by atoms with Crippen molar-refractivity contribution in [2.24, 2.45) is 0 Å². The SMILES string of the molecule is [Ge][O]CC(c1cccs1)(c1cccs1)c1cccs1. The summed E-state index contributed by atoms with van der Waals surface area (Å²) in [4.78, 5) is 4.04. The van der Waals surface area contributed by atoms with E-state index in [9.17, 15) is 0 Å². The standard InChI is InChI=1S/C14H11GeOS3/c15-16-10-14(11-4-1-7-17-11,12-5-2-8-18-12)13-6-3-9-19-13/h1-9H,10H2. The van der Waals surface area contributed by atoms with Gasteiger partial charge in [0.2, 0.25) is 0 Å². The van der Waals surface area contributed by atoms with Gasteiger partial charge >= 0.3 is 134 Å². The van der Waals surface area contributed by atoms with Crippen molar-refractivity contribution in [3.8, 4) is 0 Å². The summed E-state index contributed by atoms with van der Waals surface area (Å²) < 4.78 is 5.60. The first-order valence-corrected chi connectivity index (χ1v) is 9.28. The molecule has 3 heterocycles. The summed E-state index contributed by atoms with van der Waals surface area (Å²) in [5.74, 6) is 0. The van der Waals surface area contributed by atoms with Crippen molar-refractivity contribution in [1.82, 2.24) is 0 Å². The zero-order valence-corrected chi connectivity index (χ0v) is 14.6. The van der Waals surface area contributed by atoms with Gasteiger partial charge in [0.15, 0.2) is 0 Å². The molecule has 0 fully saturated rings. The van der Waals surface area contributed by atoms with Crippen molar-refractivity contribution < 1.29 is 3.76 Å². The first kappa shape index (κ1) is 13.6. The molecular formula is C14H11GeOS3. The van der Waals surface area contributed by atoms with Crippen molar-refractivity contribution in [2.75, 3.05) is 6.61 Å². The Morgan fingerprint density at radius 3 is 1.53 bits per heavy atom. The molecule has 3 aromatic rings. The molecule has 0 saturated carbocycles. The fourth-order valence-corrected chi connectivity index (χ4v) is 5.72. The third-order valence-electron chi connectivity index (χ3n) is 3.11. The van der Waals surface area contributed by atoms with Gasteiger partial charge in [-0.15, -0.1) is 0 Å². The van der Waals surface area contributed by atoms with E-state index in [-0.39, 0.29) is 5.41 Å². The van der Waals surface area contributed by atoms with Gasteiger partial charge in [0.05, 0.1) is 0 Å². The Balaban J connectivity index is 2.24. The van der Waals surface area contributed by atoms with Crippen LogP contribution in [0.3, 0.4) is 0 Å². The predicted molar refractivity (Wildman–Crippen MR) is 84.5 cm³/mol. The van der Waals surface area contributed by atoms with Crippen LogP contribution in [0.1, 0.15) is 14.6 Å². The molecule has 0 bridgehead atoms. The van der Waals surface area contributed by atoms with Crippen LogP contribution in [-0.2, 0) is 9.18 Å². The Labute approximate surface area is 133 Å². The zero-order valence-electron chi connectivity index (χ0n) is 10.0. The van der Waals surface area contributed by atoms with Crippen LogP contribution < -0.4 is 0 Å². The molecule has 3 rings (SSSR count). The van der Waals surface area contributed by atoms with E-state index in [1.165, 1.54) is 14.6 Å². The molecule has 95 valence electrons. The van der Waals surface area contributed by atoms with Gasteiger partial charge < -0.3 is 0 Å². The van der Waals surface area contributed by atoms with Gasteiger partial charge in [-0.1, -0.05) is 0 Å². The molecule has 0 aliphatic carbocycles. The van der Waals surface area contributed by atoms with Crippen LogP contribution in [0.15, 0.2) is 52.5 Å². The summed E-state index contributed by atoms with van der Waals surface area (Å²) in [6, 6.07) is 13.0. The molecule has 0 saturated heterocycles. The summed E-state index contributed by atoms with van der Waals surface area (Å²) in [5.41, 5.74) is -0.148. The summed E-state index contributed by atoms with van der Waals surface area (Å²) in [7, 11) is 0. The molecule has 0 amide bonds. The van der Waals surface area contributed by atoms with Crippen LogP contribution in [0.4, 0.5) is 0 Å². The summed E-state index contributed by atoms with van der Waals surface area (Å²) in [6.07, 6.45) is 0. The molecular weight excluding hydrogens is 353 g/mol. The van der Waals surface area contributed by atoms with Gasteiger partial charge in [0, 0.05) is 0 Å². The average Bonchev–Trinajstić information content (AvgIpc) is 3.18. The van der Waals surface area contributed by atoms with E-state index < -0.39 is 0 Å². The van der Waals surface area contributed by atoms with E-state index in [4.69, 9.17) is 3.76 Å². The van der Waals surface area contributed by atoms with E-state index >= 15 is 0 Å². The Hall–Kier alpha value is -0.397. The van der Waals surface area contributed by atoms with E-state index in [0.29, 0.717) is 6.61 Å². The molecule has 5 heteroatoms. The molecule has 0 aliphatic heterocycles. The van der Waals surface area contributed by atoms with Crippen LogP contribution in [-0.4, -0.2) is 23.5 Å². The quantitative estimate of drug-likeness (QED) is 0.614. The minimum absolute atomic E-state index is 0.148. The number of hydrogen-bond acceptors (Lipinski definition) is 4. The van der Waals surface area contributed by atoms with Crippen molar-refractivity contribution in [1.29, 1.82) is 0 Å². The van der Waals surface area contributed by atoms with Gasteiger partial charge in [-0.05, 0) is 0 Å². The monoisotopic (exact) mass is 365 g/mol. The molecule has 19 heavy (non-hydrogen) atoms. The third-order valence-corrected chi connectivity index (χ3v) is 6.51. The number of hydrogen-bond donors (Lipinski definition) is 0. The topological polar surface area (TPSA) is 9.23 Å². The van der Waals surface area contributed by atoms with Crippen molar-refractivity contribution in [2.45, 2.75) is 5.41 Å². The predicted octanol–water partition coefficient (Wildman–Crippen LogP) is 4.31. The normalized spacial score (nSPS) is 11.8. The van der Waals surface area contributed by atoms with E-state index in [0.717, 1.165) is 0 Å². The summed E-state index contributed by atoms with van der Waals surface area (Å²) >= 11 is 7.18. The molecule has 0 N–H and O–H groups in total. The first-order valence-electron chi connectivity index (χ1n) is 5.78. The van der Waals surface area contributed by atoms with Gasteiger partial charge in [0.25, 0.3) is 0 Å². The van der Waals surface area contributed by atoms with Crippen LogP contribution in [0.2, 0.25) is 0 Å². The fourth-order valence-electron chi connectivity index (χ4n) is 2.25. The molecule has 0 spiro atoms. The fraction of sp³-hybridized carbons (Fsp3) is 0.143. The second kappa shape index (κ2) is 5.93. The minimum atomic E-state index is -0.148. The van der Waals surface area contributed by atoms with E-state index in [1.54, 1.807) is 50.9 Å². The van der Waals surface area contributed by atoms with Crippen LogP contribution >= 0.6 is 34.0 Å². The Kier molecular flexibility index (Phi) is 4.24.